The van der Waals surface area contributed by atoms with Crippen molar-refractivity contribution in [3.8, 4) is 0 Å². The molecule has 1 saturated carbocycles. The van der Waals surface area contributed by atoms with E-state index in [2.05, 4.69) is 0 Å². The van der Waals surface area contributed by atoms with Gasteiger partial charge in [0.2, 0.25) is 0 Å². The summed E-state index contributed by atoms with van der Waals surface area (Å²) in [6, 6.07) is 2.67. The quantitative estimate of drug-likeness (QED) is 0.628. The minimum Gasteiger partial charge on any atom is -0.464 e. The smallest absolute Gasteiger partial charge is 0.328 e. The first-order chi connectivity index (χ1) is 9.99. The molecule has 0 aromatic carbocycles. The van der Waals surface area contributed by atoms with Crippen LogP contribution in [0, 0.1) is 5.92 Å². The number of hydrogen-bond acceptors (Lipinski definition) is 4. The molecule has 0 radical (unpaired) electrons. The maximum atomic E-state index is 12.3. The highest BCUT2D eigenvalue weighted by Gasteiger charge is 2.52. The molecule has 1 aromatic rings. The number of nitrogens with zero attached hydrogens (tertiary/aromatic N) is 1. The van der Waals surface area contributed by atoms with Crippen molar-refractivity contribution in [1.29, 1.82) is 0 Å². The van der Waals surface area contributed by atoms with Crippen LogP contribution in [0.5, 0.6) is 0 Å². The summed E-state index contributed by atoms with van der Waals surface area (Å²) in [5.74, 6) is -0.462. The first-order valence-corrected chi connectivity index (χ1v) is 7.63. The van der Waals surface area contributed by atoms with Crippen molar-refractivity contribution in [2.75, 3.05) is 13.2 Å². The summed E-state index contributed by atoms with van der Waals surface area (Å²) >= 11 is 11.8. The zero-order valence-corrected chi connectivity index (χ0v) is 12.8. The zero-order chi connectivity index (χ0) is 15.0. The Morgan fingerprint density at radius 3 is 2.86 bits per heavy atom. The fourth-order valence-corrected chi connectivity index (χ4v) is 3.02. The minimum absolute atomic E-state index is 0.0135. The van der Waals surface area contributed by atoms with E-state index in [4.69, 9.17) is 32.4 Å². The third-order valence-electron chi connectivity index (χ3n) is 3.90. The first kappa shape index (κ1) is 14.7. The molecule has 114 valence electrons. The number of carbonyl (C=O) groups excluding carboxylic acids is 2. The summed E-state index contributed by atoms with van der Waals surface area (Å²) in [5, 5.41) is 0. The maximum absolute atomic E-state index is 12.3. The van der Waals surface area contributed by atoms with E-state index in [1.165, 1.54) is 11.2 Å². The van der Waals surface area contributed by atoms with Crippen LogP contribution in [0.15, 0.2) is 22.8 Å². The van der Waals surface area contributed by atoms with Gasteiger partial charge in [0.15, 0.2) is 5.76 Å². The van der Waals surface area contributed by atoms with Crippen molar-refractivity contribution < 1.29 is 18.7 Å². The number of halogens is 2. The van der Waals surface area contributed by atoms with Crippen LogP contribution in [-0.4, -0.2) is 40.3 Å². The molecule has 3 rings (SSSR count). The summed E-state index contributed by atoms with van der Waals surface area (Å²) in [6.07, 6.45) is 3.43. The number of furan rings is 1. The van der Waals surface area contributed by atoms with E-state index in [1.54, 1.807) is 12.1 Å². The van der Waals surface area contributed by atoms with Crippen LogP contribution in [0.3, 0.4) is 0 Å². The van der Waals surface area contributed by atoms with E-state index in [0.717, 1.165) is 6.42 Å². The number of carbonyl (C=O) groups is 2. The van der Waals surface area contributed by atoms with Gasteiger partial charge in [-0.1, -0.05) is 0 Å². The average molecular weight is 332 g/mol. The van der Waals surface area contributed by atoms with Crippen molar-refractivity contribution in [3.05, 3.63) is 24.2 Å². The lowest BCUT2D eigenvalue weighted by atomic mass is 10.2. The molecule has 2 fully saturated rings. The molecule has 2 heterocycles. The number of likely N-dealkylation sites (tertiary alicyclic amines) is 1. The Hall–Kier alpha value is -1.20. The van der Waals surface area contributed by atoms with Crippen molar-refractivity contribution in [3.63, 3.8) is 0 Å². The Bertz CT molecular complexity index is 543. The summed E-state index contributed by atoms with van der Waals surface area (Å²) in [6.45, 7) is 0.725. The van der Waals surface area contributed by atoms with E-state index in [-0.39, 0.29) is 24.2 Å². The fraction of sp³-hybridized carbons (Fsp3) is 0.571. The predicted octanol–water partition coefficient (Wildman–Crippen LogP) is 2.62. The van der Waals surface area contributed by atoms with Crippen LogP contribution in [0.25, 0.3) is 0 Å². The first-order valence-electron chi connectivity index (χ1n) is 6.88. The molecule has 1 saturated heterocycles. The van der Waals surface area contributed by atoms with Crippen LogP contribution in [0.4, 0.5) is 0 Å². The highest BCUT2D eigenvalue weighted by molar-refractivity contribution is 6.50. The number of ether oxygens (including phenoxy) is 1. The SMILES string of the molecule is O=C(OC[C@@H]1CC1(Cl)Cl)[C@@H]1CCCN1C(=O)c1ccco1. The zero-order valence-electron chi connectivity index (χ0n) is 11.3. The highest BCUT2D eigenvalue weighted by atomic mass is 35.5. The van der Waals surface area contributed by atoms with E-state index in [1.807, 2.05) is 0 Å². The van der Waals surface area contributed by atoms with Gasteiger partial charge in [-0.3, -0.25) is 4.79 Å². The van der Waals surface area contributed by atoms with Crippen LogP contribution in [0.1, 0.15) is 29.8 Å². The summed E-state index contributed by atoms with van der Waals surface area (Å²) in [5.41, 5.74) is 0. The molecular weight excluding hydrogens is 317 g/mol. The number of esters is 1. The largest absolute Gasteiger partial charge is 0.464 e. The van der Waals surface area contributed by atoms with Gasteiger partial charge in [-0.2, -0.15) is 0 Å². The van der Waals surface area contributed by atoms with Gasteiger partial charge < -0.3 is 14.1 Å². The summed E-state index contributed by atoms with van der Waals surface area (Å²) in [4.78, 5) is 25.9. The number of alkyl halides is 2. The van der Waals surface area contributed by atoms with Gasteiger partial charge in [0, 0.05) is 12.5 Å². The summed E-state index contributed by atoms with van der Waals surface area (Å²) < 4.78 is 9.58. The molecule has 7 heteroatoms. The minimum atomic E-state index is -0.764. The van der Waals surface area contributed by atoms with Crippen LogP contribution in [-0.2, 0) is 9.53 Å². The van der Waals surface area contributed by atoms with Gasteiger partial charge in [0.1, 0.15) is 10.4 Å². The second kappa shape index (κ2) is 5.54. The van der Waals surface area contributed by atoms with Crippen molar-refractivity contribution in [2.45, 2.75) is 29.6 Å². The van der Waals surface area contributed by atoms with Gasteiger partial charge in [0.05, 0.1) is 12.9 Å². The molecule has 21 heavy (non-hydrogen) atoms. The number of amides is 1. The fourth-order valence-electron chi connectivity index (χ4n) is 2.53. The molecule has 1 aromatic heterocycles. The maximum Gasteiger partial charge on any atom is 0.328 e. The number of rotatable bonds is 4. The monoisotopic (exact) mass is 331 g/mol. The van der Waals surface area contributed by atoms with Crippen LogP contribution in [0.2, 0.25) is 0 Å². The molecule has 1 aliphatic carbocycles. The van der Waals surface area contributed by atoms with Gasteiger partial charge in [-0.15, -0.1) is 23.2 Å². The van der Waals surface area contributed by atoms with Crippen molar-refractivity contribution in [1.82, 2.24) is 4.90 Å². The molecular formula is C14H15Cl2NO4. The molecule has 2 atom stereocenters. The lowest BCUT2D eigenvalue weighted by molar-refractivity contribution is -0.148. The van der Waals surface area contributed by atoms with E-state index >= 15 is 0 Å². The van der Waals surface area contributed by atoms with Gasteiger partial charge in [-0.25, -0.2) is 4.79 Å². The highest BCUT2D eigenvalue weighted by Crippen LogP contribution is 2.53. The van der Waals surface area contributed by atoms with Crippen LogP contribution < -0.4 is 0 Å². The second-order valence-electron chi connectivity index (χ2n) is 5.43. The summed E-state index contributed by atoms with van der Waals surface area (Å²) in [7, 11) is 0. The molecule has 1 aliphatic heterocycles. The molecule has 1 amide bonds. The van der Waals surface area contributed by atoms with Crippen molar-refractivity contribution >= 4 is 35.1 Å². The third-order valence-corrected chi connectivity index (χ3v) is 4.83. The Morgan fingerprint density at radius 1 is 1.48 bits per heavy atom. The van der Waals surface area contributed by atoms with Gasteiger partial charge >= 0.3 is 5.97 Å². The molecule has 5 nitrogen and oxygen atoms in total. The lowest BCUT2D eigenvalue weighted by Crippen LogP contribution is -2.41. The Labute approximate surface area is 132 Å². The second-order valence-corrected chi connectivity index (χ2v) is 6.97. The molecule has 0 unspecified atom stereocenters. The van der Waals surface area contributed by atoms with E-state index < -0.39 is 16.3 Å². The normalized spacial score (nSPS) is 26.7. The predicted molar refractivity (Wildman–Crippen MR) is 76.3 cm³/mol. The Kier molecular flexibility index (Phi) is 3.88. The third kappa shape index (κ3) is 3.04. The van der Waals surface area contributed by atoms with Crippen LogP contribution >= 0.6 is 23.2 Å². The molecule has 0 N–H and O–H groups in total. The van der Waals surface area contributed by atoms with Gasteiger partial charge in [-0.05, 0) is 31.4 Å². The lowest BCUT2D eigenvalue weighted by Gasteiger charge is -2.22. The Morgan fingerprint density at radius 2 is 2.24 bits per heavy atom. The average Bonchev–Trinajstić information content (AvgIpc) is 2.93. The van der Waals surface area contributed by atoms with E-state index in [0.29, 0.717) is 19.4 Å². The standard InChI is InChI=1S/C14H15Cl2NO4/c15-14(16)7-9(14)8-21-13(19)10-3-1-5-17(10)12(18)11-4-2-6-20-11/h2,4,6,9-10H,1,3,5,7-8H2/t9-,10-/m0/s1. The molecule has 0 spiro atoms. The van der Waals surface area contributed by atoms with Gasteiger partial charge in [0.25, 0.3) is 5.91 Å². The Balaban J connectivity index is 1.58. The molecule has 2 aliphatic rings. The van der Waals surface area contributed by atoms with E-state index in [9.17, 15) is 9.59 Å². The number of hydrogen-bond donors (Lipinski definition) is 0. The molecule has 0 bridgehead atoms. The topological polar surface area (TPSA) is 59.8 Å². The van der Waals surface area contributed by atoms with Crippen molar-refractivity contribution in [2.24, 2.45) is 5.92 Å².